The Morgan fingerprint density at radius 2 is 0.969 bits per heavy atom. The van der Waals surface area contributed by atoms with Gasteiger partial charge in [0.2, 0.25) is 47.1 Å². The summed E-state index contributed by atoms with van der Waals surface area (Å²) in [6, 6.07) is 19.5. The van der Waals surface area contributed by atoms with Gasteiger partial charge in [-0.25, -0.2) is 9.59 Å². The van der Waals surface area contributed by atoms with Gasteiger partial charge in [0.1, 0.15) is 23.3 Å². The van der Waals surface area contributed by atoms with E-state index in [4.69, 9.17) is 9.47 Å². The van der Waals surface area contributed by atoms with Gasteiger partial charge in [-0.05, 0) is 102 Å². The van der Waals surface area contributed by atoms with Crippen LogP contribution in [0.4, 0.5) is 21.0 Å². The SMILES string of the molecule is C[C@@H](C(=O)C[C@H](C(=O)N1CC[C@@H]2[C@H]1[C@@H](C(=O)Nc1cccc3ccccc13)CN2C(=O)CNC(=O)C(=O)CCC(=O)N1C[C@H](C(=O)Nc2cccc3ccccc23)[C@@H]2[C@H]1CCN2C(=O)[C@@H](NC(=O)[C@H](C)N(C)C(=O)OC(C)(C)C)C(C)(C)C)C(C)(C)C)N(C)C(=O)OC(C)(C)C. The van der Waals surface area contributed by atoms with Crippen LogP contribution in [0.3, 0.4) is 0 Å². The summed E-state index contributed by atoms with van der Waals surface area (Å²) in [5, 5.41) is 14.7. The molecule has 0 radical (unpaired) electrons. The summed E-state index contributed by atoms with van der Waals surface area (Å²) in [6.07, 6.45) is -2.24. The molecule has 24 heteroatoms. The van der Waals surface area contributed by atoms with E-state index in [1.807, 2.05) is 81.4 Å². The largest absolute Gasteiger partial charge is 0.444 e. The Balaban J connectivity index is 0.966. The van der Waals surface area contributed by atoms with E-state index in [0.717, 1.165) is 26.4 Å². The number of hydrogen-bond acceptors (Lipinski definition) is 14. The van der Waals surface area contributed by atoms with Gasteiger partial charge < -0.3 is 55.2 Å². The van der Waals surface area contributed by atoms with Crippen LogP contribution in [-0.2, 0) is 57.4 Å². The fourth-order valence-corrected chi connectivity index (χ4v) is 13.5. The Morgan fingerprint density at radius 1 is 0.531 bits per heavy atom. The van der Waals surface area contributed by atoms with Gasteiger partial charge in [0.15, 0.2) is 5.78 Å². The maximum absolute atomic E-state index is 15.1. The van der Waals surface area contributed by atoms with E-state index in [-0.39, 0.29) is 51.2 Å². The number of carbonyl (C=O) groups is 12. The first-order valence-electron chi connectivity index (χ1n) is 33.1. The minimum atomic E-state index is -1.16. The van der Waals surface area contributed by atoms with Crippen LogP contribution >= 0.6 is 0 Å². The molecule has 4 fully saturated rings. The Kier molecular flexibility index (Phi) is 21.8. The molecular formula is C72H96N10O14. The van der Waals surface area contributed by atoms with Crippen LogP contribution < -0.4 is 21.3 Å². The lowest BCUT2D eigenvalue weighted by molar-refractivity contribution is -0.144. The fourth-order valence-electron chi connectivity index (χ4n) is 13.5. The van der Waals surface area contributed by atoms with E-state index >= 15 is 9.59 Å². The van der Waals surface area contributed by atoms with Crippen LogP contribution in [0.5, 0.6) is 0 Å². The molecule has 0 saturated carbocycles. The highest BCUT2D eigenvalue weighted by Gasteiger charge is 2.57. The molecule has 4 aliphatic heterocycles. The first-order chi connectivity index (χ1) is 44.8. The first-order valence-corrected chi connectivity index (χ1v) is 33.1. The smallest absolute Gasteiger partial charge is 0.410 e. The average Bonchev–Trinajstić information content (AvgIpc) is 1.60. The second kappa shape index (κ2) is 28.8. The van der Waals surface area contributed by atoms with Crippen LogP contribution in [0.2, 0.25) is 0 Å². The molecule has 0 aliphatic carbocycles. The molecule has 0 spiro atoms. The Labute approximate surface area is 562 Å². The number of Topliss-reactive ketones (excluding diaryl/α,β-unsaturated/α-hetero) is 2. The highest BCUT2D eigenvalue weighted by Crippen LogP contribution is 2.42. The van der Waals surface area contributed by atoms with Crippen molar-refractivity contribution in [1.82, 2.24) is 40.0 Å². The van der Waals surface area contributed by atoms with E-state index in [1.54, 1.807) is 98.4 Å². The normalized spacial score (nSPS) is 20.7. The van der Waals surface area contributed by atoms with E-state index in [9.17, 15) is 47.9 Å². The van der Waals surface area contributed by atoms with Gasteiger partial charge in [0.25, 0.3) is 5.91 Å². The number of ether oxygens (including phenoxy) is 2. The van der Waals surface area contributed by atoms with E-state index in [2.05, 4.69) is 21.3 Å². The first kappa shape index (κ1) is 72.9. The van der Waals surface area contributed by atoms with Crippen molar-refractivity contribution in [1.29, 1.82) is 0 Å². The summed E-state index contributed by atoms with van der Waals surface area (Å²) in [5.41, 5.74) is -2.33. The van der Waals surface area contributed by atoms with E-state index < -0.39 is 167 Å². The van der Waals surface area contributed by atoms with Crippen LogP contribution in [0.25, 0.3) is 21.5 Å². The number of amides is 10. The molecule has 0 bridgehead atoms. The molecular weight excluding hydrogens is 1230 g/mol. The number of anilines is 2. The van der Waals surface area contributed by atoms with Crippen molar-refractivity contribution in [3.05, 3.63) is 84.9 Å². The Morgan fingerprint density at radius 3 is 1.43 bits per heavy atom. The van der Waals surface area contributed by atoms with Gasteiger partial charge >= 0.3 is 12.2 Å². The zero-order valence-electron chi connectivity index (χ0n) is 58.3. The minimum absolute atomic E-state index is 0.0955. The van der Waals surface area contributed by atoms with Crippen molar-refractivity contribution in [2.75, 3.05) is 57.5 Å². The third-order valence-corrected chi connectivity index (χ3v) is 19.0. The number of nitrogens with zero attached hydrogens (tertiary/aromatic N) is 6. The van der Waals surface area contributed by atoms with E-state index in [0.29, 0.717) is 11.4 Å². The molecule has 0 aromatic heterocycles. The number of benzene rings is 4. The quantitative estimate of drug-likeness (QED) is 0.0659. The molecule has 4 saturated heterocycles. The van der Waals surface area contributed by atoms with Gasteiger partial charge in [-0.15, -0.1) is 0 Å². The zero-order valence-corrected chi connectivity index (χ0v) is 58.3. The molecule has 0 unspecified atom stereocenters. The summed E-state index contributed by atoms with van der Waals surface area (Å²) in [7, 11) is 2.88. The van der Waals surface area contributed by atoms with Crippen LogP contribution in [0.15, 0.2) is 84.9 Å². The Bertz CT molecular complexity index is 3450. The third kappa shape index (κ3) is 16.5. The number of hydrogen-bond donors (Lipinski definition) is 4. The van der Waals surface area contributed by atoms with Crippen molar-refractivity contribution in [3.8, 4) is 0 Å². The maximum atomic E-state index is 15.1. The third-order valence-electron chi connectivity index (χ3n) is 19.0. The molecule has 10 atom stereocenters. The second-order valence-corrected chi connectivity index (χ2v) is 30.1. The molecule has 518 valence electrons. The lowest BCUT2D eigenvalue weighted by atomic mass is 9.76. The molecule has 4 N–H and O–H groups in total. The van der Waals surface area contributed by atoms with Crippen molar-refractivity contribution in [2.24, 2.45) is 28.6 Å². The summed E-state index contributed by atoms with van der Waals surface area (Å²) < 4.78 is 11.0. The van der Waals surface area contributed by atoms with Crippen molar-refractivity contribution in [3.63, 3.8) is 0 Å². The maximum Gasteiger partial charge on any atom is 0.410 e. The van der Waals surface area contributed by atoms with Gasteiger partial charge in [-0.2, -0.15) is 0 Å². The molecule has 4 heterocycles. The molecule has 8 rings (SSSR count). The number of likely N-dealkylation sites (N-methyl/N-ethyl adjacent to an activating group) is 2. The zero-order chi connectivity index (χ0) is 70.8. The molecule has 4 aromatic carbocycles. The van der Waals surface area contributed by atoms with Gasteiger partial charge in [0.05, 0.1) is 48.6 Å². The molecule has 96 heavy (non-hydrogen) atoms. The van der Waals surface area contributed by atoms with Gasteiger partial charge in [-0.1, -0.05) is 114 Å². The molecule has 4 aromatic rings. The topological polar surface area (TPSA) is 291 Å². The standard InChI is InChI=1S/C72H96N10O14/c1-41(77(15)67(93)95-71(9,10)11)55(84)37-49(69(3,4)5)65(91)79-35-33-53-58(79)48(63(89)75-51-30-22-26-44-24-18-20-28-46(44)51)40-82(53)57(86)38-73-64(90)54(83)31-32-56(85)81-39-47(62(88)74-50-29-21-25-43-23-17-19-27-45(43)50)59-52(81)34-36-80(59)66(92)60(70(6,7)8)76-61(87)42(2)78(16)68(94)96-72(12,13)14/h17-30,41-42,47-49,52-53,58-60H,31-40H2,1-16H3,(H,73,90)(H,74,88)(H,75,89)(H,76,87)/t41-,42-,47-,48-,49+,52+,53+,58+,59+,60+/m0/s1. The minimum Gasteiger partial charge on any atom is -0.444 e. The van der Waals surface area contributed by atoms with Gasteiger partial charge in [-0.3, -0.25) is 52.8 Å². The highest BCUT2D eigenvalue weighted by molar-refractivity contribution is 6.36. The predicted octanol–water partition coefficient (Wildman–Crippen LogP) is 7.55. The number of rotatable bonds is 19. The van der Waals surface area contributed by atoms with Crippen molar-refractivity contribution in [2.45, 2.75) is 183 Å². The fraction of sp³-hybridized carbons (Fsp3) is 0.556. The lowest BCUT2D eigenvalue weighted by Crippen LogP contribution is -2.60. The van der Waals surface area contributed by atoms with Crippen molar-refractivity contribution >= 4 is 104 Å². The predicted molar refractivity (Wildman–Crippen MR) is 361 cm³/mol. The van der Waals surface area contributed by atoms with Crippen LogP contribution in [-0.4, -0.2) is 201 Å². The highest BCUT2D eigenvalue weighted by atomic mass is 16.6. The summed E-state index contributed by atoms with van der Waals surface area (Å²) in [5.74, 6) is -9.12. The van der Waals surface area contributed by atoms with Gasteiger partial charge in [0, 0.05) is 87.6 Å². The summed E-state index contributed by atoms with van der Waals surface area (Å²) in [4.78, 5) is 179. The monoisotopic (exact) mass is 1320 g/mol. The average molecular weight is 1330 g/mol. The molecule has 4 aliphatic rings. The van der Waals surface area contributed by atoms with E-state index in [1.165, 1.54) is 40.6 Å². The summed E-state index contributed by atoms with van der Waals surface area (Å²) >= 11 is 0. The van der Waals surface area contributed by atoms with Crippen molar-refractivity contribution < 1.29 is 67.0 Å². The van der Waals surface area contributed by atoms with Crippen LogP contribution in [0.1, 0.15) is 129 Å². The number of nitrogens with one attached hydrogen (secondary N) is 4. The second-order valence-electron chi connectivity index (χ2n) is 30.1. The number of ketones is 2. The number of likely N-dealkylation sites (tertiary alicyclic amines) is 4. The Hall–Kier alpha value is -8.96. The lowest BCUT2D eigenvalue weighted by Gasteiger charge is -2.37. The molecule has 24 nitrogen and oxygen atoms in total. The van der Waals surface area contributed by atoms with Crippen LogP contribution in [0, 0.1) is 28.6 Å². The molecule has 10 amide bonds. The summed E-state index contributed by atoms with van der Waals surface area (Å²) in [6.45, 7) is 23.4. The number of carbonyl (C=O) groups excluding carboxylic acids is 12. The number of fused-ring (bicyclic) bond motifs is 4.